The van der Waals surface area contributed by atoms with Crippen LogP contribution in [0.2, 0.25) is 0 Å². The maximum Gasteiger partial charge on any atom is 0.408 e. The van der Waals surface area contributed by atoms with Crippen LogP contribution in [0.25, 0.3) is 0 Å². The summed E-state index contributed by atoms with van der Waals surface area (Å²) >= 11 is 1.38. The molecule has 262 valence electrons. The zero-order valence-corrected chi connectivity index (χ0v) is 29.2. The van der Waals surface area contributed by atoms with Gasteiger partial charge < -0.3 is 30.0 Å². The van der Waals surface area contributed by atoms with Gasteiger partial charge in [0.05, 0.1) is 12.4 Å². The molecule has 0 spiro atoms. The first kappa shape index (κ1) is 36.1. The predicted octanol–water partition coefficient (Wildman–Crippen LogP) is 5.89. The van der Waals surface area contributed by atoms with Crippen molar-refractivity contribution in [1.82, 2.24) is 15.5 Å². The largest absolute Gasteiger partial charge is 0.508 e. The minimum absolute atomic E-state index is 0.0237. The molecule has 50 heavy (non-hydrogen) atoms. The molecule has 0 bridgehead atoms. The van der Waals surface area contributed by atoms with Crippen LogP contribution in [-0.2, 0) is 28.6 Å². The number of allylic oxidation sites excluding steroid dienone is 1. The van der Waals surface area contributed by atoms with Gasteiger partial charge in [0, 0.05) is 12.2 Å². The molecular formula is C38H41N3O8S. The number of phenolic OH excluding ortho intramolecular Hbond substituents is 1. The van der Waals surface area contributed by atoms with E-state index in [2.05, 4.69) is 17.2 Å². The van der Waals surface area contributed by atoms with E-state index in [-0.39, 0.29) is 17.9 Å². The molecule has 5 rings (SSSR count). The van der Waals surface area contributed by atoms with E-state index >= 15 is 0 Å². The molecule has 2 heterocycles. The summed E-state index contributed by atoms with van der Waals surface area (Å²) < 4.78 is 17.2. The van der Waals surface area contributed by atoms with E-state index in [0.717, 1.165) is 11.1 Å². The number of thioether (sulfide) groups is 1. The Morgan fingerprint density at radius 1 is 0.960 bits per heavy atom. The molecule has 3 N–H and O–H groups in total. The molecule has 12 heteroatoms. The Kier molecular flexibility index (Phi) is 11.2. The average molecular weight is 700 g/mol. The molecule has 3 amide bonds. The standard InChI is InChI=1S/C38H41N3O8S/c1-6-47-23(2)21-27-22-50-35-30(39-33(43)29(24-17-19-28(42)20-18-24)40-37(46)49-38(3,4)5)34(44)41(35)31(27)36(45)48-32(25-13-9-7-10-14-25)26-15-11-8-12-16-26/h7-20,29-30,32,35,42H,2,6,21-22H2,1,3-5H3,(H,39,43)(H,40,46)/t29?,30?,35-/m0/s1. The number of hydrogen-bond donors (Lipinski definition) is 3. The van der Waals surface area contributed by atoms with Crippen LogP contribution in [-0.4, -0.2) is 63.3 Å². The molecular weight excluding hydrogens is 658 g/mol. The molecule has 0 radical (unpaired) electrons. The summed E-state index contributed by atoms with van der Waals surface area (Å²) in [4.78, 5) is 56.0. The number of nitrogens with one attached hydrogen (secondary N) is 2. The second-order valence-electron chi connectivity index (χ2n) is 12.8. The van der Waals surface area contributed by atoms with Crippen LogP contribution in [0.1, 0.15) is 63.0 Å². The van der Waals surface area contributed by atoms with E-state index in [9.17, 15) is 24.3 Å². The van der Waals surface area contributed by atoms with E-state index in [4.69, 9.17) is 14.2 Å². The lowest BCUT2D eigenvalue weighted by Crippen LogP contribution is -2.71. The quantitative estimate of drug-likeness (QED) is 0.120. The number of rotatable bonds is 12. The van der Waals surface area contributed by atoms with Crippen molar-refractivity contribution in [2.75, 3.05) is 12.4 Å². The molecule has 0 aliphatic carbocycles. The Labute approximate surface area is 295 Å². The highest BCUT2D eigenvalue weighted by molar-refractivity contribution is 8.00. The molecule has 11 nitrogen and oxygen atoms in total. The van der Waals surface area contributed by atoms with Crippen molar-refractivity contribution >= 4 is 35.6 Å². The van der Waals surface area contributed by atoms with Crippen molar-refractivity contribution in [3.8, 4) is 5.75 Å². The molecule has 1 fully saturated rings. The second-order valence-corrected chi connectivity index (χ2v) is 13.9. The first-order chi connectivity index (χ1) is 23.9. The van der Waals surface area contributed by atoms with E-state index in [1.165, 1.54) is 40.9 Å². The number of carbonyl (C=O) groups is 4. The molecule has 3 aromatic carbocycles. The van der Waals surface area contributed by atoms with Gasteiger partial charge in [0.25, 0.3) is 5.91 Å². The fraction of sp³-hybridized carbons (Fsp3) is 0.316. The molecule has 0 aromatic heterocycles. The van der Waals surface area contributed by atoms with Gasteiger partial charge >= 0.3 is 12.1 Å². The number of alkyl carbamates (subject to hydrolysis) is 1. The van der Waals surface area contributed by atoms with Crippen LogP contribution < -0.4 is 10.6 Å². The van der Waals surface area contributed by atoms with E-state index in [0.29, 0.717) is 29.3 Å². The number of phenols is 1. The third-order valence-electron chi connectivity index (χ3n) is 7.88. The number of fused-ring (bicyclic) bond motifs is 1. The molecule has 1 saturated heterocycles. The van der Waals surface area contributed by atoms with Crippen molar-refractivity contribution in [3.05, 3.63) is 125 Å². The summed E-state index contributed by atoms with van der Waals surface area (Å²) in [6.07, 6.45) is -1.38. The molecule has 2 aliphatic heterocycles. The summed E-state index contributed by atoms with van der Waals surface area (Å²) in [6, 6.07) is 22.2. The van der Waals surface area contributed by atoms with Crippen molar-refractivity contribution in [2.45, 2.75) is 63.3 Å². The van der Waals surface area contributed by atoms with Crippen LogP contribution in [0.4, 0.5) is 4.79 Å². The molecule has 3 aromatic rings. The SMILES string of the molecule is C=C(CC1=C(C(=O)OC(c2ccccc2)c2ccccc2)N2C(=O)C(NC(=O)C(NC(=O)OC(C)(C)C)c3ccc(O)cc3)[C@@H]2SC1)OCC. The number of hydrogen-bond acceptors (Lipinski definition) is 9. The Bertz CT molecular complexity index is 1720. The van der Waals surface area contributed by atoms with Crippen LogP contribution >= 0.6 is 11.8 Å². The average Bonchev–Trinajstić information content (AvgIpc) is 3.08. The first-order valence-corrected chi connectivity index (χ1v) is 17.3. The van der Waals surface area contributed by atoms with Crippen molar-refractivity contribution in [2.24, 2.45) is 0 Å². The number of ether oxygens (including phenoxy) is 3. The summed E-state index contributed by atoms with van der Waals surface area (Å²) in [6.45, 7) is 11.3. The highest BCUT2D eigenvalue weighted by Crippen LogP contribution is 2.43. The minimum atomic E-state index is -1.25. The Morgan fingerprint density at radius 2 is 1.56 bits per heavy atom. The van der Waals surface area contributed by atoms with Crippen LogP contribution in [0.3, 0.4) is 0 Å². The number of carbonyl (C=O) groups excluding carboxylic acids is 4. The second kappa shape index (κ2) is 15.5. The van der Waals surface area contributed by atoms with Crippen molar-refractivity contribution in [1.29, 1.82) is 0 Å². The zero-order valence-electron chi connectivity index (χ0n) is 28.4. The van der Waals surface area contributed by atoms with Gasteiger partial charge in [0.1, 0.15) is 34.5 Å². The number of nitrogens with zero attached hydrogens (tertiary/aromatic N) is 1. The monoisotopic (exact) mass is 699 g/mol. The highest BCUT2D eigenvalue weighted by Gasteiger charge is 2.55. The Morgan fingerprint density at radius 3 is 2.12 bits per heavy atom. The maximum atomic E-state index is 14.2. The number of esters is 1. The lowest BCUT2D eigenvalue weighted by Gasteiger charge is -2.50. The lowest BCUT2D eigenvalue weighted by molar-refractivity contribution is -0.154. The summed E-state index contributed by atoms with van der Waals surface area (Å²) in [5.74, 6) is -1.12. The normalized spacial score (nSPS) is 17.6. The molecule has 0 saturated carbocycles. The van der Waals surface area contributed by atoms with Crippen molar-refractivity contribution in [3.63, 3.8) is 0 Å². The minimum Gasteiger partial charge on any atom is -0.508 e. The zero-order chi connectivity index (χ0) is 36.0. The van der Waals surface area contributed by atoms with Gasteiger partial charge in [-0.25, -0.2) is 9.59 Å². The summed E-state index contributed by atoms with van der Waals surface area (Å²) in [5, 5.41) is 14.5. The predicted molar refractivity (Wildman–Crippen MR) is 188 cm³/mol. The van der Waals surface area contributed by atoms with Gasteiger partial charge in [-0.1, -0.05) is 79.4 Å². The van der Waals surface area contributed by atoms with Gasteiger partial charge in [-0.3, -0.25) is 14.5 Å². The Hall–Kier alpha value is -5.23. The fourth-order valence-corrected chi connectivity index (χ4v) is 7.02. The number of β-lactam (4-membered cyclic amide) rings is 1. The van der Waals surface area contributed by atoms with E-state index in [1.54, 1.807) is 20.8 Å². The Balaban J connectivity index is 1.41. The van der Waals surface area contributed by atoms with Crippen LogP contribution in [0, 0.1) is 0 Å². The van der Waals surface area contributed by atoms with Crippen LogP contribution in [0.15, 0.2) is 109 Å². The third-order valence-corrected chi connectivity index (χ3v) is 9.22. The van der Waals surface area contributed by atoms with Gasteiger partial charge in [-0.05, 0) is 62.1 Å². The van der Waals surface area contributed by atoms with Gasteiger partial charge in [0.2, 0.25) is 5.91 Å². The van der Waals surface area contributed by atoms with Crippen LogP contribution in [0.5, 0.6) is 5.75 Å². The number of amides is 3. The van der Waals surface area contributed by atoms with Gasteiger partial charge in [0.15, 0.2) is 6.10 Å². The summed E-state index contributed by atoms with van der Waals surface area (Å²) in [7, 11) is 0. The van der Waals surface area contributed by atoms with Gasteiger partial charge in [-0.2, -0.15) is 0 Å². The molecule has 2 unspecified atom stereocenters. The van der Waals surface area contributed by atoms with E-state index < -0.39 is 53.0 Å². The molecule has 3 atom stereocenters. The number of aromatic hydroxyl groups is 1. The number of benzene rings is 3. The highest BCUT2D eigenvalue weighted by atomic mass is 32.2. The maximum absolute atomic E-state index is 14.2. The smallest absolute Gasteiger partial charge is 0.408 e. The molecule has 2 aliphatic rings. The first-order valence-electron chi connectivity index (χ1n) is 16.2. The van der Waals surface area contributed by atoms with E-state index in [1.807, 2.05) is 67.6 Å². The fourth-order valence-electron chi connectivity index (χ4n) is 5.68. The summed E-state index contributed by atoms with van der Waals surface area (Å²) in [5.41, 5.74) is 1.75. The third kappa shape index (κ3) is 8.49. The topological polar surface area (TPSA) is 144 Å². The van der Waals surface area contributed by atoms with Gasteiger partial charge in [-0.15, -0.1) is 11.8 Å². The van der Waals surface area contributed by atoms with Crippen molar-refractivity contribution < 1.29 is 38.5 Å². The lowest BCUT2D eigenvalue weighted by atomic mass is 9.99.